The number of hydrogen-bond acceptors (Lipinski definition) is 2. The molecule has 0 unspecified atom stereocenters. The third-order valence-corrected chi connectivity index (χ3v) is 11.8. The first-order valence-corrected chi connectivity index (χ1v) is 25.2. The van der Waals surface area contributed by atoms with Gasteiger partial charge in [0.05, 0.1) is 22.8 Å². The van der Waals surface area contributed by atoms with E-state index in [2.05, 4.69) is 90.1 Å². The van der Waals surface area contributed by atoms with Gasteiger partial charge in [-0.2, -0.15) is 0 Å². The molecule has 0 saturated heterocycles. The number of allylic oxidation sites excluding steroid dienone is 2. The first-order chi connectivity index (χ1) is 28.1. The molecule has 0 aromatic heterocycles. The van der Waals surface area contributed by atoms with Crippen LogP contribution in [-0.2, 0) is 42.2 Å². The Hall–Kier alpha value is -1.99. The molecular formula is C55H92N2Ni. The Morgan fingerprint density at radius 3 is 1.16 bits per heavy atom. The van der Waals surface area contributed by atoms with Gasteiger partial charge in [-0.3, -0.25) is 4.99 Å². The van der Waals surface area contributed by atoms with Crippen molar-refractivity contribution in [3.05, 3.63) is 70.8 Å². The molecule has 2 aromatic rings. The molecule has 3 heteroatoms. The van der Waals surface area contributed by atoms with Gasteiger partial charge in [-0.1, -0.05) is 220 Å². The third-order valence-electron chi connectivity index (χ3n) is 11.8. The van der Waals surface area contributed by atoms with Crippen LogP contribution in [0.25, 0.3) is 0 Å². The third kappa shape index (κ3) is 25.6. The van der Waals surface area contributed by atoms with Crippen molar-refractivity contribution in [2.24, 2.45) is 9.98 Å². The average molecular weight is 840 g/mol. The summed E-state index contributed by atoms with van der Waals surface area (Å²) in [5.41, 5.74) is 10.2. The Morgan fingerprint density at radius 2 is 0.759 bits per heavy atom. The van der Waals surface area contributed by atoms with Crippen LogP contribution in [0.3, 0.4) is 0 Å². The SMILES string of the molecule is CCCCCCCCCCCCCCCCCCCCCCC/C=C/C(=Nc1ccc(CCC)c(CCC)c1)C(CCCC)=Nc1ccc(CCC)c(CCC)c1.[Ni]. The van der Waals surface area contributed by atoms with Crippen LogP contribution in [0, 0.1) is 0 Å². The second-order valence-electron chi connectivity index (χ2n) is 17.3. The summed E-state index contributed by atoms with van der Waals surface area (Å²) in [6, 6.07) is 13.9. The molecule has 2 rings (SSSR count). The van der Waals surface area contributed by atoms with Gasteiger partial charge in [0, 0.05) is 16.5 Å². The van der Waals surface area contributed by atoms with E-state index >= 15 is 0 Å². The molecule has 2 nitrogen and oxygen atoms in total. The molecule has 0 aliphatic rings. The molecule has 58 heavy (non-hydrogen) atoms. The minimum atomic E-state index is 0. The zero-order valence-corrected chi connectivity index (χ0v) is 40.2. The van der Waals surface area contributed by atoms with E-state index in [9.17, 15) is 0 Å². The number of nitrogens with zero attached hydrogens (tertiary/aromatic N) is 2. The van der Waals surface area contributed by atoms with Crippen molar-refractivity contribution in [3.63, 3.8) is 0 Å². The number of aryl methyl sites for hydroxylation is 4. The van der Waals surface area contributed by atoms with Crippen molar-refractivity contribution in [2.45, 2.75) is 253 Å². The van der Waals surface area contributed by atoms with Crippen LogP contribution in [0.1, 0.15) is 250 Å². The standard InChI is InChI=1S/C55H92N2.Ni/c1-7-13-15-16-17-18-19-20-21-22-23-24-25-26-27-28-29-30-31-32-33-34-35-41-55(57-53-45-43-49(37-10-4)51(47-53)39-12-6)54(40-14-8-2)56-52-44-42-48(36-9-3)50(46-52)38-11-5;/h35,41-47H,7-34,36-40H2,1-6H3;/b41-35+,56-54?,57-55?;. The summed E-state index contributed by atoms with van der Waals surface area (Å²) in [5, 5.41) is 0. The second kappa shape index (κ2) is 38.0. The zero-order valence-electron chi connectivity index (χ0n) is 39.2. The largest absolute Gasteiger partial charge is 0.251 e. The fourth-order valence-electron chi connectivity index (χ4n) is 8.36. The Labute approximate surface area is 371 Å². The van der Waals surface area contributed by atoms with E-state index in [-0.39, 0.29) is 16.5 Å². The van der Waals surface area contributed by atoms with Crippen LogP contribution in [0.5, 0.6) is 0 Å². The molecule has 0 spiro atoms. The van der Waals surface area contributed by atoms with Gasteiger partial charge in [0.1, 0.15) is 0 Å². The van der Waals surface area contributed by atoms with Gasteiger partial charge >= 0.3 is 0 Å². The van der Waals surface area contributed by atoms with E-state index in [0.29, 0.717) is 0 Å². The maximum absolute atomic E-state index is 5.39. The van der Waals surface area contributed by atoms with Crippen LogP contribution in [0.15, 0.2) is 58.5 Å². The fraction of sp³-hybridized carbons (Fsp3) is 0.709. The maximum atomic E-state index is 5.39. The Morgan fingerprint density at radius 1 is 0.397 bits per heavy atom. The van der Waals surface area contributed by atoms with E-state index in [1.54, 1.807) is 0 Å². The van der Waals surface area contributed by atoms with Crippen molar-refractivity contribution in [3.8, 4) is 0 Å². The normalized spacial score (nSPS) is 12.2. The van der Waals surface area contributed by atoms with E-state index in [1.807, 2.05) is 0 Å². The monoisotopic (exact) mass is 839 g/mol. The molecular weight excluding hydrogens is 747 g/mol. The van der Waals surface area contributed by atoms with Crippen molar-refractivity contribution in [1.82, 2.24) is 0 Å². The molecule has 0 fully saturated rings. The van der Waals surface area contributed by atoms with Crippen LogP contribution >= 0.6 is 0 Å². The van der Waals surface area contributed by atoms with Gasteiger partial charge in [0.15, 0.2) is 0 Å². The zero-order chi connectivity index (χ0) is 41.0. The van der Waals surface area contributed by atoms with Crippen LogP contribution < -0.4 is 0 Å². The van der Waals surface area contributed by atoms with Gasteiger partial charge in [-0.15, -0.1) is 0 Å². The molecule has 0 atom stereocenters. The van der Waals surface area contributed by atoms with Crippen molar-refractivity contribution < 1.29 is 16.5 Å². The predicted molar refractivity (Wildman–Crippen MR) is 259 cm³/mol. The molecule has 0 amide bonds. The Balaban J connectivity index is 0.0000168. The van der Waals surface area contributed by atoms with E-state index in [0.717, 1.165) is 87.0 Å². The fourth-order valence-corrected chi connectivity index (χ4v) is 8.36. The summed E-state index contributed by atoms with van der Waals surface area (Å²) in [4.78, 5) is 10.8. The van der Waals surface area contributed by atoms with Crippen LogP contribution in [0.2, 0.25) is 0 Å². The topological polar surface area (TPSA) is 24.7 Å². The molecule has 0 heterocycles. The Kier molecular flexibility index (Phi) is 35.4. The first-order valence-electron chi connectivity index (χ1n) is 25.2. The number of unbranched alkanes of at least 4 members (excludes halogenated alkanes) is 22. The number of aliphatic imine (C=N–C) groups is 2. The van der Waals surface area contributed by atoms with Gasteiger partial charge in [0.25, 0.3) is 0 Å². The summed E-state index contributed by atoms with van der Waals surface area (Å²) in [6.07, 6.45) is 48.2. The number of hydrogen-bond donors (Lipinski definition) is 0. The van der Waals surface area contributed by atoms with Crippen LogP contribution in [-0.4, -0.2) is 11.4 Å². The Bertz CT molecular complexity index is 1350. The molecule has 0 aliphatic heterocycles. The van der Waals surface area contributed by atoms with Gasteiger partial charge < -0.3 is 0 Å². The molecule has 0 saturated carbocycles. The summed E-state index contributed by atoms with van der Waals surface area (Å²) >= 11 is 0. The summed E-state index contributed by atoms with van der Waals surface area (Å²) < 4.78 is 0. The quantitative estimate of drug-likeness (QED) is 0.0368. The van der Waals surface area contributed by atoms with E-state index in [1.165, 1.54) is 170 Å². The molecule has 0 N–H and O–H groups in total. The average Bonchev–Trinajstić information content (AvgIpc) is 3.21. The molecule has 332 valence electrons. The first kappa shape index (κ1) is 54.0. The van der Waals surface area contributed by atoms with Gasteiger partial charge in [-0.05, 0) is 104 Å². The molecule has 0 bridgehead atoms. The summed E-state index contributed by atoms with van der Waals surface area (Å²) in [7, 11) is 0. The second-order valence-corrected chi connectivity index (χ2v) is 17.3. The van der Waals surface area contributed by atoms with Crippen LogP contribution in [0.4, 0.5) is 11.4 Å². The molecule has 0 radical (unpaired) electrons. The van der Waals surface area contributed by atoms with E-state index < -0.39 is 0 Å². The summed E-state index contributed by atoms with van der Waals surface area (Å²) in [5.74, 6) is 0. The van der Waals surface area contributed by atoms with E-state index in [4.69, 9.17) is 9.98 Å². The maximum Gasteiger partial charge on any atom is 0.0848 e. The smallest absolute Gasteiger partial charge is 0.0848 e. The van der Waals surface area contributed by atoms with Gasteiger partial charge in [-0.25, -0.2) is 4.99 Å². The van der Waals surface area contributed by atoms with Gasteiger partial charge in [0.2, 0.25) is 0 Å². The predicted octanol–water partition coefficient (Wildman–Crippen LogP) is 18.7. The number of rotatable bonds is 37. The van der Waals surface area contributed by atoms with Crippen molar-refractivity contribution in [2.75, 3.05) is 0 Å². The minimum absolute atomic E-state index is 0. The van der Waals surface area contributed by atoms with Crippen molar-refractivity contribution in [1.29, 1.82) is 0 Å². The minimum Gasteiger partial charge on any atom is -0.251 e. The van der Waals surface area contributed by atoms with Crippen molar-refractivity contribution >= 4 is 22.8 Å². The summed E-state index contributed by atoms with van der Waals surface area (Å²) in [6.45, 7) is 13.7. The number of benzene rings is 2. The molecule has 2 aromatic carbocycles. The molecule has 0 aliphatic carbocycles.